The highest BCUT2D eigenvalue weighted by Crippen LogP contribution is 2.32. The van der Waals surface area contributed by atoms with Gasteiger partial charge in [0.1, 0.15) is 12.4 Å². The fourth-order valence-corrected chi connectivity index (χ4v) is 2.83. The molecule has 0 amide bonds. The largest absolute Gasteiger partial charge is 0.491 e. The highest BCUT2D eigenvalue weighted by atomic mass is 79.9. The summed E-state index contributed by atoms with van der Waals surface area (Å²) in [6.07, 6.45) is 0. The van der Waals surface area contributed by atoms with Crippen molar-refractivity contribution in [3.05, 3.63) is 63.1 Å². The summed E-state index contributed by atoms with van der Waals surface area (Å²) in [6.45, 7) is 1.43. The van der Waals surface area contributed by atoms with Crippen LogP contribution in [0.2, 0.25) is 5.02 Å². The first kappa shape index (κ1) is 13.0. The molecule has 1 unspecified atom stereocenters. The van der Waals surface area contributed by atoms with E-state index in [1.165, 1.54) is 5.56 Å². The Bertz CT molecular complexity index is 602. The first-order valence-corrected chi connectivity index (χ1v) is 7.30. The Morgan fingerprint density at radius 2 is 2.11 bits per heavy atom. The van der Waals surface area contributed by atoms with Crippen LogP contribution in [0.3, 0.4) is 0 Å². The van der Waals surface area contributed by atoms with E-state index in [9.17, 15) is 0 Å². The summed E-state index contributed by atoms with van der Waals surface area (Å²) in [4.78, 5) is 0. The van der Waals surface area contributed by atoms with E-state index in [1.807, 2.05) is 36.4 Å². The van der Waals surface area contributed by atoms with Gasteiger partial charge in [0.15, 0.2) is 0 Å². The second-order valence-corrected chi connectivity index (χ2v) is 5.81. The fourth-order valence-electron chi connectivity index (χ4n) is 2.24. The lowest BCUT2D eigenvalue weighted by Crippen LogP contribution is -2.22. The standard InChI is InChI=1S/C15H13BrClNO/c16-13-6-5-11(17)7-10(13)8-18-14-9-19-15-4-2-1-3-12(14)15/h1-7,14,18H,8-9H2. The average Bonchev–Trinajstić information content (AvgIpc) is 2.83. The van der Waals surface area contributed by atoms with E-state index in [-0.39, 0.29) is 6.04 Å². The molecular formula is C15H13BrClNO. The van der Waals surface area contributed by atoms with Crippen molar-refractivity contribution in [3.63, 3.8) is 0 Å². The van der Waals surface area contributed by atoms with Crippen molar-refractivity contribution >= 4 is 27.5 Å². The normalized spacial score (nSPS) is 17.1. The predicted molar refractivity (Wildman–Crippen MR) is 80.7 cm³/mol. The maximum absolute atomic E-state index is 6.02. The Kier molecular flexibility index (Phi) is 3.78. The molecule has 0 aliphatic carbocycles. The smallest absolute Gasteiger partial charge is 0.124 e. The van der Waals surface area contributed by atoms with Gasteiger partial charge in [-0.2, -0.15) is 0 Å². The van der Waals surface area contributed by atoms with Crippen LogP contribution in [0, 0.1) is 0 Å². The molecule has 1 atom stereocenters. The number of hydrogen-bond donors (Lipinski definition) is 1. The van der Waals surface area contributed by atoms with E-state index in [0.717, 1.165) is 27.4 Å². The molecule has 0 radical (unpaired) electrons. The van der Waals surface area contributed by atoms with Gasteiger partial charge in [0.25, 0.3) is 0 Å². The highest BCUT2D eigenvalue weighted by Gasteiger charge is 2.22. The maximum Gasteiger partial charge on any atom is 0.124 e. The Balaban J connectivity index is 1.72. The number of para-hydroxylation sites is 1. The van der Waals surface area contributed by atoms with Crippen LogP contribution in [-0.2, 0) is 6.54 Å². The number of halogens is 2. The van der Waals surface area contributed by atoms with Gasteiger partial charge < -0.3 is 10.1 Å². The van der Waals surface area contributed by atoms with Crippen molar-refractivity contribution in [3.8, 4) is 5.75 Å². The van der Waals surface area contributed by atoms with Crippen molar-refractivity contribution < 1.29 is 4.74 Å². The van der Waals surface area contributed by atoms with Gasteiger partial charge in [-0.05, 0) is 29.8 Å². The Morgan fingerprint density at radius 1 is 1.26 bits per heavy atom. The number of benzene rings is 2. The van der Waals surface area contributed by atoms with Crippen LogP contribution in [0.5, 0.6) is 5.75 Å². The molecule has 0 fully saturated rings. The first-order valence-electron chi connectivity index (χ1n) is 6.13. The topological polar surface area (TPSA) is 21.3 Å². The van der Waals surface area contributed by atoms with Crippen LogP contribution in [0.15, 0.2) is 46.9 Å². The van der Waals surface area contributed by atoms with Crippen molar-refractivity contribution in [2.75, 3.05) is 6.61 Å². The first-order chi connectivity index (χ1) is 9.24. The minimum atomic E-state index is 0.238. The average molecular weight is 339 g/mol. The summed E-state index contributed by atoms with van der Waals surface area (Å²) in [5.41, 5.74) is 2.37. The monoisotopic (exact) mass is 337 g/mol. The molecule has 0 saturated carbocycles. The zero-order valence-electron chi connectivity index (χ0n) is 10.2. The van der Waals surface area contributed by atoms with Crippen LogP contribution in [0.1, 0.15) is 17.2 Å². The SMILES string of the molecule is Clc1ccc(Br)c(CNC2COc3ccccc32)c1. The molecule has 1 heterocycles. The van der Waals surface area contributed by atoms with Gasteiger partial charge in [0, 0.05) is 21.6 Å². The lowest BCUT2D eigenvalue weighted by Gasteiger charge is -2.13. The van der Waals surface area contributed by atoms with E-state index in [1.54, 1.807) is 0 Å². The second-order valence-electron chi connectivity index (χ2n) is 4.52. The van der Waals surface area contributed by atoms with Crippen LogP contribution < -0.4 is 10.1 Å². The molecule has 0 aromatic heterocycles. The van der Waals surface area contributed by atoms with Gasteiger partial charge in [-0.15, -0.1) is 0 Å². The van der Waals surface area contributed by atoms with Gasteiger partial charge in [-0.25, -0.2) is 0 Å². The Hall–Kier alpha value is -1.03. The second kappa shape index (κ2) is 5.53. The molecule has 0 bridgehead atoms. The summed E-state index contributed by atoms with van der Waals surface area (Å²) >= 11 is 9.56. The van der Waals surface area contributed by atoms with Gasteiger partial charge in [-0.1, -0.05) is 45.7 Å². The van der Waals surface area contributed by atoms with Crippen LogP contribution in [-0.4, -0.2) is 6.61 Å². The van der Waals surface area contributed by atoms with Gasteiger partial charge in [0.2, 0.25) is 0 Å². The number of rotatable bonds is 3. The lowest BCUT2D eigenvalue weighted by molar-refractivity contribution is 0.310. The van der Waals surface area contributed by atoms with Gasteiger partial charge in [0.05, 0.1) is 6.04 Å². The van der Waals surface area contributed by atoms with Gasteiger partial charge >= 0.3 is 0 Å². The molecule has 0 spiro atoms. The third kappa shape index (κ3) is 2.78. The van der Waals surface area contributed by atoms with E-state index < -0.39 is 0 Å². The Morgan fingerprint density at radius 3 is 3.00 bits per heavy atom. The molecule has 3 rings (SSSR count). The Labute approximate surface area is 125 Å². The minimum Gasteiger partial charge on any atom is -0.491 e. The lowest BCUT2D eigenvalue weighted by atomic mass is 10.1. The number of hydrogen-bond acceptors (Lipinski definition) is 2. The summed E-state index contributed by atoms with van der Waals surface area (Å²) in [7, 11) is 0. The zero-order chi connectivity index (χ0) is 13.2. The molecule has 1 aliphatic rings. The molecule has 1 N–H and O–H groups in total. The van der Waals surface area contributed by atoms with E-state index in [2.05, 4.69) is 27.3 Å². The van der Waals surface area contributed by atoms with Crippen LogP contribution >= 0.6 is 27.5 Å². The summed E-state index contributed by atoms with van der Waals surface area (Å²) in [6, 6.07) is 14.2. The predicted octanol–water partition coefficient (Wildman–Crippen LogP) is 4.33. The quantitative estimate of drug-likeness (QED) is 0.899. The van der Waals surface area contributed by atoms with Crippen molar-refractivity contribution in [1.82, 2.24) is 5.32 Å². The minimum absolute atomic E-state index is 0.238. The van der Waals surface area contributed by atoms with Crippen molar-refractivity contribution in [2.24, 2.45) is 0 Å². The molecular weight excluding hydrogens is 326 g/mol. The summed E-state index contributed by atoms with van der Waals surface area (Å²) in [5.74, 6) is 0.977. The zero-order valence-corrected chi connectivity index (χ0v) is 12.5. The highest BCUT2D eigenvalue weighted by molar-refractivity contribution is 9.10. The third-order valence-corrected chi connectivity index (χ3v) is 4.26. The summed E-state index contributed by atoms with van der Waals surface area (Å²) in [5, 5.41) is 4.26. The molecule has 2 aromatic carbocycles. The van der Waals surface area contributed by atoms with Gasteiger partial charge in [-0.3, -0.25) is 0 Å². The van der Waals surface area contributed by atoms with E-state index in [4.69, 9.17) is 16.3 Å². The summed E-state index contributed by atoms with van der Waals surface area (Å²) < 4.78 is 6.72. The van der Waals surface area contributed by atoms with Crippen molar-refractivity contribution in [2.45, 2.75) is 12.6 Å². The molecule has 2 aromatic rings. The van der Waals surface area contributed by atoms with E-state index in [0.29, 0.717) is 6.61 Å². The van der Waals surface area contributed by atoms with E-state index >= 15 is 0 Å². The number of nitrogens with one attached hydrogen (secondary N) is 1. The third-order valence-electron chi connectivity index (χ3n) is 3.25. The number of ether oxygens (including phenoxy) is 1. The molecule has 4 heteroatoms. The maximum atomic E-state index is 6.02. The fraction of sp³-hybridized carbons (Fsp3) is 0.200. The molecule has 19 heavy (non-hydrogen) atoms. The number of fused-ring (bicyclic) bond motifs is 1. The molecule has 0 saturated heterocycles. The molecule has 1 aliphatic heterocycles. The molecule has 2 nitrogen and oxygen atoms in total. The molecule has 98 valence electrons. The van der Waals surface area contributed by atoms with Crippen LogP contribution in [0.25, 0.3) is 0 Å². The van der Waals surface area contributed by atoms with Crippen LogP contribution in [0.4, 0.5) is 0 Å². The van der Waals surface area contributed by atoms with Crippen molar-refractivity contribution in [1.29, 1.82) is 0 Å².